The molecule has 0 fully saturated rings. The van der Waals surface area contributed by atoms with Crippen molar-refractivity contribution in [2.24, 2.45) is 5.73 Å². The van der Waals surface area contributed by atoms with Crippen molar-refractivity contribution in [1.29, 1.82) is 0 Å². The lowest BCUT2D eigenvalue weighted by atomic mass is 10.0. The van der Waals surface area contributed by atoms with E-state index in [0.29, 0.717) is 39.9 Å². The van der Waals surface area contributed by atoms with Gasteiger partial charge in [-0.15, -0.1) is 16.4 Å². The summed E-state index contributed by atoms with van der Waals surface area (Å²) in [5.74, 6) is 0.0748. The summed E-state index contributed by atoms with van der Waals surface area (Å²) in [6, 6.07) is 11.1. The Kier molecular flexibility index (Phi) is 5.85. The molecule has 12 nitrogen and oxygen atoms in total. The number of imide groups is 1. The lowest BCUT2D eigenvalue weighted by Crippen LogP contribution is -2.34. The SMILES string of the molecule is NC(=O)NC(=O)c1ccc(-c2cnc([C@@H]3CCc4cc(-c5cc(Cl)ccc5-n5cnnn5)cc(=O)n43)[nH]2)s1. The molecular formula is C24H18ClN9O3S. The van der Waals surface area contributed by atoms with Crippen LogP contribution in [0.4, 0.5) is 4.79 Å². The minimum atomic E-state index is -0.913. The summed E-state index contributed by atoms with van der Waals surface area (Å²) in [5, 5.41) is 14.0. The summed E-state index contributed by atoms with van der Waals surface area (Å²) in [4.78, 5) is 45.3. The molecule has 0 radical (unpaired) electrons. The van der Waals surface area contributed by atoms with E-state index in [9.17, 15) is 14.4 Å². The van der Waals surface area contributed by atoms with Gasteiger partial charge in [-0.05, 0) is 65.2 Å². The Balaban J connectivity index is 1.31. The number of carbonyl (C=O) groups is 2. The van der Waals surface area contributed by atoms with Crippen LogP contribution in [0.5, 0.6) is 0 Å². The van der Waals surface area contributed by atoms with Crippen LogP contribution in [-0.2, 0) is 6.42 Å². The quantitative estimate of drug-likeness (QED) is 0.304. The summed E-state index contributed by atoms with van der Waals surface area (Å²) in [7, 11) is 0. The van der Waals surface area contributed by atoms with E-state index in [1.165, 1.54) is 22.3 Å². The fourth-order valence-electron chi connectivity index (χ4n) is 4.63. The number of fused-ring (bicyclic) bond motifs is 1. The third kappa shape index (κ3) is 4.27. The minimum absolute atomic E-state index is 0.165. The molecule has 38 heavy (non-hydrogen) atoms. The van der Waals surface area contributed by atoms with E-state index in [1.807, 2.05) is 11.4 Å². The van der Waals surface area contributed by atoms with Crippen molar-refractivity contribution in [1.82, 2.24) is 40.1 Å². The Morgan fingerprint density at radius 1 is 1.18 bits per heavy atom. The molecule has 0 unspecified atom stereocenters. The maximum absolute atomic E-state index is 13.4. The number of halogens is 1. The number of imidazole rings is 1. The smallest absolute Gasteiger partial charge is 0.319 e. The molecule has 6 rings (SSSR count). The Labute approximate surface area is 223 Å². The Morgan fingerprint density at radius 3 is 2.84 bits per heavy atom. The van der Waals surface area contributed by atoms with Gasteiger partial charge >= 0.3 is 6.03 Å². The molecule has 5 aromatic rings. The van der Waals surface area contributed by atoms with Crippen molar-refractivity contribution in [3.8, 4) is 27.4 Å². The number of hydrogen-bond donors (Lipinski definition) is 3. The molecule has 1 aromatic carbocycles. The lowest BCUT2D eigenvalue weighted by Gasteiger charge is -2.15. The van der Waals surface area contributed by atoms with E-state index in [1.54, 1.807) is 47.2 Å². The summed E-state index contributed by atoms with van der Waals surface area (Å²) in [5.41, 5.74) is 8.60. The number of urea groups is 1. The molecule has 5 heterocycles. The fourth-order valence-corrected chi connectivity index (χ4v) is 5.67. The molecule has 4 N–H and O–H groups in total. The first kappa shape index (κ1) is 23.8. The number of nitrogens with one attached hydrogen (secondary N) is 2. The number of H-pyrrole nitrogens is 1. The molecule has 0 saturated carbocycles. The monoisotopic (exact) mass is 547 g/mol. The van der Waals surface area contributed by atoms with Gasteiger partial charge in [-0.2, -0.15) is 4.68 Å². The number of amides is 3. The molecule has 14 heteroatoms. The Bertz CT molecular complexity index is 1760. The second-order valence-corrected chi connectivity index (χ2v) is 10.1. The van der Waals surface area contributed by atoms with Gasteiger partial charge in [0.25, 0.3) is 11.5 Å². The molecule has 0 aliphatic carbocycles. The van der Waals surface area contributed by atoms with Crippen LogP contribution in [0.2, 0.25) is 5.02 Å². The standard InChI is InChI=1S/C24H18ClN9O3S/c25-13-1-3-17(33-11-28-31-32-33)15(9-13)12-7-14-2-4-18(34(14)21(35)8-12)22-27-10-16(29-22)19-5-6-20(38-19)23(36)30-24(26)37/h1,3,5-11,18H,2,4H2,(H,27,29)(H3,26,30,36,37)/t18-/m0/s1. The van der Waals surface area contributed by atoms with Crippen LogP contribution in [0.25, 0.3) is 27.4 Å². The molecular weight excluding hydrogens is 530 g/mol. The molecule has 1 aliphatic rings. The number of nitrogens with two attached hydrogens (primary N) is 1. The first-order valence-electron chi connectivity index (χ1n) is 11.4. The van der Waals surface area contributed by atoms with Crippen molar-refractivity contribution in [2.45, 2.75) is 18.9 Å². The number of rotatable bonds is 5. The van der Waals surface area contributed by atoms with Gasteiger partial charge in [-0.3, -0.25) is 14.9 Å². The topological polar surface area (TPSA) is 166 Å². The van der Waals surface area contributed by atoms with Gasteiger partial charge in [-0.1, -0.05) is 11.6 Å². The predicted molar refractivity (Wildman–Crippen MR) is 139 cm³/mol. The van der Waals surface area contributed by atoms with Crippen LogP contribution < -0.4 is 16.6 Å². The van der Waals surface area contributed by atoms with E-state index in [0.717, 1.165) is 21.7 Å². The summed E-state index contributed by atoms with van der Waals surface area (Å²) in [6.07, 6.45) is 4.52. The number of tetrazole rings is 1. The number of hydrogen-bond acceptors (Lipinski definition) is 8. The van der Waals surface area contributed by atoms with Crippen LogP contribution in [0.3, 0.4) is 0 Å². The number of benzene rings is 1. The van der Waals surface area contributed by atoms with Crippen molar-refractivity contribution in [3.05, 3.63) is 86.8 Å². The van der Waals surface area contributed by atoms with Crippen molar-refractivity contribution in [2.75, 3.05) is 0 Å². The highest BCUT2D eigenvalue weighted by Crippen LogP contribution is 2.35. The number of nitrogens with zero attached hydrogens (tertiary/aromatic N) is 6. The van der Waals surface area contributed by atoms with Gasteiger partial charge in [0.15, 0.2) is 0 Å². The van der Waals surface area contributed by atoms with Crippen LogP contribution in [0.1, 0.15) is 33.7 Å². The molecule has 4 aromatic heterocycles. The van der Waals surface area contributed by atoms with E-state index in [-0.39, 0.29) is 11.6 Å². The van der Waals surface area contributed by atoms with E-state index in [4.69, 9.17) is 17.3 Å². The molecule has 1 atom stereocenters. The van der Waals surface area contributed by atoms with Gasteiger partial charge < -0.3 is 15.3 Å². The highest BCUT2D eigenvalue weighted by Gasteiger charge is 2.28. The lowest BCUT2D eigenvalue weighted by molar-refractivity contribution is 0.0970. The number of aryl methyl sites for hydroxylation is 1. The van der Waals surface area contributed by atoms with E-state index >= 15 is 0 Å². The zero-order valence-corrected chi connectivity index (χ0v) is 21.0. The predicted octanol–water partition coefficient (Wildman–Crippen LogP) is 2.94. The van der Waals surface area contributed by atoms with Gasteiger partial charge in [-0.25, -0.2) is 9.78 Å². The summed E-state index contributed by atoms with van der Waals surface area (Å²) >= 11 is 7.48. The maximum Gasteiger partial charge on any atom is 0.319 e. The van der Waals surface area contributed by atoms with Gasteiger partial charge in [0, 0.05) is 22.3 Å². The number of aromatic nitrogens is 7. The van der Waals surface area contributed by atoms with Crippen molar-refractivity contribution >= 4 is 34.9 Å². The highest BCUT2D eigenvalue weighted by molar-refractivity contribution is 7.17. The maximum atomic E-state index is 13.4. The summed E-state index contributed by atoms with van der Waals surface area (Å²) in [6.45, 7) is 0. The first-order chi connectivity index (χ1) is 18.4. The van der Waals surface area contributed by atoms with Gasteiger partial charge in [0.1, 0.15) is 12.2 Å². The molecule has 190 valence electrons. The van der Waals surface area contributed by atoms with E-state index < -0.39 is 11.9 Å². The summed E-state index contributed by atoms with van der Waals surface area (Å²) < 4.78 is 3.27. The Morgan fingerprint density at radius 2 is 2.05 bits per heavy atom. The number of pyridine rings is 1. The molecule has 0 saturated heterocycles. The second kappa shape index (κ2) is 9.36. The van der Waals surface area contributed by atoms with Crippen molar-refractivity contribution in [3.63, 3.8) is 0 Å². The zero-order chi connectivity index (χ0) is 26.4. The minimum Gasteiger partial charge on any atom is -0.351 e. The third-order valence-corrected chi connectivity index (χ3v) is 7.59. The first-order valence-corrected chi connectivity index (χ1v) is 12.6. The third-order valence-electron chi connectivity index (χ3n) is 6.24. The largest absolute Gasteiger partial charge is 0.351 e. The van der Waals surface area contributed by atoms with Crippen LogP contribution >= 0.6 is 22.9 Å². The van der Waals surface area contributed by atoms with Crippen LogP contribution in [-0.4, -0.2) is 46.7 Å². The average Bonchev–Trinajstić information content (AvgIpc) is 3.69. The number of primary amides is 1. The Hall–Kier alpha value is -4.62. The average molecular weight is 548 g/mol. The van der Waals surface area contributed by atoms with Crippen LogP contribution in [0.15, 0.2) is 59.8 Å². The molecule has 3 amide bonds. The number of thiophene rings is 1. The number of carbonyl (C=O) groups excluding carboxylic acids is 2. The normalized spacial score (nSPS) is 14.4. The van der Waals surface area contributed by atoms with Gasteiger partial charge in [0.05, 0.1) is 33.4 Å². The van der Waals surface area contributed by atoms with Crippen LogP contribution in [0, 0.1) is 0 Å². The fraction of sp³-hybridized carbons (Fsp3) is 0.125. The highest BCUT2D eigenvalue weighted by atomic mass is 35.5. The van der Waals surface area contributed by atoms with E-state index in [2.05, 4.69) is 25.5 Å². The zero-order valence-electron chi connectivity index (χ0n) is 19.5. The molecule has 1 aliphatic heterocycles. The molecule has 0 bridgehead atoms. The second-order valence-electron chi connectivity index (χ2n) is 8.58. The number of aromatic amines is 1. The van der Waals surface area contributed by atoms with Crippen molar-refractivity contribution < 1.29 is 9.59 Å². The van der Waals surface area contributed by atoms with Gasteiger partial charge in [0.2, 0.25) is 0 Å². The molecule has 0 spiro atoms.